The molecule has 0 saturated carbocycles. The maximum absolute atomic E-state index is 12.7. The van der Waals surface area contributed by atoms with E-state index < -0.39 is 0 Å². The van der Waals surface area contributed by atoms with Gasteiger partial charge in [0.2, 0.25) is 5.91 Å². The molecule has 0 saturated heterocycles. The summed E-state index contributed by atoms with van der Waals surface area (Å²) < 4.78 is 0. The van der Waals surface area contributed by atoms with Gasteiger partial charge in [0, 0.05) is 50.9 Å². The van der Waals surface area contributed by atoms with Crippen molar-refractivity contribution in [3.63, 3.8) is 0 Å². The van der Waals surface area contributed by atoms with Crippen LogP contribution in [-0.2, 0) is 4.79 Å². The molecule has 0 radical (unpaired) electrons. The SMILES string of the molecule is CCN(CC)C(=O)[C@H]1C=C(c2c[nH]c3ncccc23)CN(C)C1.[HH]. The largest absolute Gasteiger partial charge is 0.346 e. The molecule has 1 N–H and O–H groups in total. The minimum atomic E-state index is -0.0785. The Labute approximate surface area is 138 Å². The van der Waals surface area contributed by atoms with E-state index in [-0.39, 0.29) is 13.3 Å². The number of aromatic nitrogens is 2. The molecule has 0 aromatic carbocycles. The first kappa shape index (κ1) is 15.7. The van der Waals surface area contributed by atoms with Crippen molar-refractivity contribution >= 4 is 22.5 Å². The lowest BCUT2D eigenvalue weighted by molar-refractivity contribution is -0.134. The van der Waals surface area contributed by atoms with Crippen LogP contribution in [0.3, 0.4) is 0 Å². The highest BCUT2D eigenvalue weighted by Gasteiger charge is 2.27. The van der Waals surface area contributed by atoms with Gasteiger partial charge in [-0.1, -0.05) is 6.08 Å². The van der Waals surface area contributed by atoms with Crippen molar-refractivity contribution in [3.05, 3.63) is 36.2 Å². The van der Waals surface area contributed by atoms with Crippen LogP contribution in [-0.4, -0.2) is 58.9 Å². The average Bonchev–Trinajstić information content (AvgIpc) is 2.99. The van der Waals surface area contributed by atoms with E-state index in [9.17, 15) is 4.79 Å². The quantitative estimate of drug-likeness (QED) is 0.944. The predicted molar refractivity (Wildman–Crippen MR) is 95.1 cm³/mol. The highest BCUT2D eigenvalue weighted by Crippen LogP contribution is 2.29. The van der Waals surface area contributed by atoms with Crippen LogP contribution in [0.2, 0.25) is 0 Å². The van der Waals surface area contributed by atoms with Crippen LogP contribution in [0.1, 0.15) is 20.8 Å². The Morgan fingerprint density at radius 1 is 1.48 bits per heavy atom. The van der Waals surface area contributed by atoms with Crippen LogP contribution in [0.25, 0.3) is 16.6 Å². The topological polar surface area (TPSA) is 52.2 Å². The number of hydrogen-bond acceptors (Lipinski definition) is 3. The van der Waals surface area contributed by atoms with Crippen molar-refractivity contribution in [3.8, 4) is 0 Å². The number of carbonyl (C=O) groups is 1. The molecular formula is C18H26N4O. The molecule has 1 atom stereocenters. The second-order valence-corrected chi connectivity index (χ2v) is 6.11. The Morgan fingerprint density at radius 3 is 3.00 bits per heavy atom. The smallest absolute Gasteiger partial charge is 0.230 e. The first-order valence-electron chi connectivity index (χ1n) is 8.24. The number of fused-ring (bicyclic) bond motifs is 1. The van der Waals surface area contributed by atoms with E-state index in [1.807, 2.05) is 31.0 Å². The zero-order valence-electron chi connectivity index (χ0n) is 14.0. The molecule has 0 unspecified atom stereocenters. The van der Waals surface area contributed by atoms with Crippen LogP contribution in [0.5, 0.6) is 0 Å². The van der Waals surface area contributed by atoms with E-state index in [4.69, 9.17) is 0 Å². The first-order chi connectivity index (χ1) is 11.1. The summed E-state index contributed by atoms with van der Waals surface area (Å²) in [6, 6.07) is 4.02. The van der Waals surface area contributed by atoms with Gasteiger partial charge in [-0.3, -0.25) is 4.79 Å². The number of H-pyrrole nitrogens is 1. The van der Waals surface area contributed by atoms with Crippen molar-refractivity contribution < 1.29 is 6.22 Å². The normalized spacial score (nSPS) is 18.9. The standard InChI is InChI=1S/C18H24N4O.H2/c1-4-22(5-2)18(23)14-9-13(11-21(3)12-14)16-10-20-17-15(16)7-6-8-19-17;/h6-10,14H,4-5,11-12H2,1-3H3,(H,19,20);1H/t14-;/m0./s1. The molecule has 3 rings (SSSR count). The predicted octanol–water partition coefficient (Wildman–Crippen LogP) is 2.62. The second kappa shape index (κ2) is 6.54. The third kappa shape index (κ3) is 3.01. The summed E-state index contributed by atoms with van der Waals surface area (Å²) in [6.07, 6.45) is 5.94. The lowest BCUT2D eigenvalue weighted by atomic mass is 9.94. The number of aromatic amines is 1. The first-order valence-corrected chi connectivity index (χ1v) is 8.24. The Hall–Kier alpha value is -2.14. The van der Waals surface area contributed by atoms with Crippen LogP contribution in [0, 0.1) is 5.92 Å². The van der Waals surface area contributed by atoms with Gasteiger partial charge in [0.05, 0.1) is 5.92 Å². The monoisotopic (exact) mass is 314 g/mol. The van der Waals surface area contributed by atoms with E-state index in [1.54, 1.807) is 6.20 Å². The number of pyridine rings is 1. The van der Waals surface area contributed by atoms with Gasteiger partial charge >= 0.3 is 0 Å². The van der Waals surface area contributed by atoms with E-state index >= 15 is 0 Å². The molecule has 0 bridgehead atoms. The summed E-state index contributed by atoms with van der Waals surface area (Å²) in [5.41, 5.74) is 3.24. The number of carbonyl (C=O) groups excluding carboxylic acids is 1. The maximum Gasteiger partial charge on any atom is 0.230 e. The van der Waals surface area contributed by atoms with Crippen molar-refractivity contribution in [2.75, 3.05) is 33.2 Å². The molecule has 5 nitrogen and oxygen atoms in total. The van der Waals surface area contributed by atoms with Crippen molar-refractivity contribution in [1.29, 1.82) is 0 Å². The molecule has 2 aromatic heterocycles. The molecule has 5 heteroatoms. The lowest BCUT2D eigenvalue weighted by Crippen LogP contribution is -2.42. The summed E-state index contributed by atoms with van der Waals surface area (Å²) in [5, 5.41) is 1.11. The summed E-state index contributed by atoms with van der Waals surface area (Å²) in [7, 11) is 2.07. The molecule has 3 heterocycles. The fraction of sp³-hybridized carbons (Fsp3) is 0.444. The van der Waals surface area contributed by atoms with E-state index in [1.165, 1.54) is 5.57 Å². The van der Waals surface area contributed by atoms with Crippen molar-refractivity contribution in [2.45, 2.75) is 13.8 Å². The van der Waals surface area contributed by atoms with Gasteiger partial charge < -0.3 is 14.8 Å². The summed E-state index contributed by atoms with van der Waals surface area (Å²) >= 11 is 0. The zero-order valence-corrected chi connectivity index (χ0v) is 14.0. The molecule has 0 fully saturated rings. The number of nitrogens with one attached hydrogen (secondary N) is 1. The Balaban J connectivity index is 0.00000208. The van der Waals surface area contributed by atoms with Gasteiger partial charge in [-0.05, 0) is 38.6 Å². The summed E-state index contributed by atoms with van der Waals surface area (Å²) in [6.45, 7) is 7.21. The van der Waals surface area contributed by atoms with Gasteiger partial charge in [-0.2, -0.15) is 0 Å². The molecule has 2 aromatic rings. The van der Waals surface area contributed by atoms with Gasteiger partial charge in [-0.25, -0.2) is 4.98 Å². The third-order valence-corrected chi connectivity index (χ3v) is 4.54. The van der Waals surface area contributed by atoms with Crippen LogP contribution in [0.4, 0.5) is 0 Å². The molecular weight excluding hydrogens is 288 g/mol. The van der Waals surface area contributed by atoms with E-state index in [0.717, 1.165) is 42.8 Å². The van der Waals surface area contributed by atoms with Crippen molar-refractivity contribution in [2.24, 2.45) is 5.92 Å². The average molecular weight is 314 g/mol. The van der Waals surface area contributed by atoms with Crippen molar-refractivity contribution in [1.82, 2.24) is 19.8 Å². The summed E-state index contributed by atoms with van der Waals surface area (Å²) in [4.78, 5) is 24.4. The molecule has 1 amide bonds. The Kier molecular flexibility index (Phi) is 4.48. The number of nitrogens with zero attached hydrogens (tertiary/aromatic N) is 3. The lowest BCUT2D eigenvalue weighted by Gasteiger charge is -2.31. The van der Waals surface area contributed by atoms with E-state index in [2.05, 4.69) is 34.1 Å². The fourth-order valence-corrected chi connectivity index (χ4v) is 3.36. The minimum absolute atomic E-state index is 0. The molecule has 0 spiro atoms. The molecule has 23 heavy (non-hydrogen) atoms. The fourth-order valence-electron chi connectivity index (χ4n) is 3.36. The van der Waals surface area contributed by atoms with Crippen LogP contribution < -0.4 is 0 Å². The van der Waals surface area contributed by atoms with Gasteiger partial charge in [-0.15, -0.1) is 0 Å². The Morgan fingerprint density at radius 2 is 2.26 bits per heavy atom. The Bertz CT molecular complexity index is 735. The molecule has 1 aliphatic rings. The third-order valence-electron chi connectivity index (χ3n) is 4.54. The highest BCUT2D eigenvalue weighted by molar-refractivity contribution is 5.93. The summed E-state index contributed by atoms with van der Waals surface area (Å²) in [5.74, 6) is 0.141. The van der Waals surface area contributed by atoms with Gasteiger partial charge in [0.15, 0.2) is 0 Å². The van der Waals surface area contributed by atoms with Gasteiger partial charge in [0.25, 0.3) is 0 Å². The number of hydrogen-bond donors (Lipinski definition) is 1. The second-order valence-electron chi connectivity index (χ2n) is 6.11. The van der Waals surface area contributed by atoms with Gasteiger partial charge in [0.1, 0.15) is 5.65 Å². The minimum Gasteiger partial charge on any atom is -0.346 e. The van der Waals surface area contributed by atoms with Crippen LogP contribution >= 0.6 is 0 Å². The molecule has 124 valence electrons. The molecule has 1 aliphatic heterocycles. The van der Waals surface area contributed by atoms with Crippen LogP contribution in [0.15, 0.2) is 30.6 Å². The number of amides is 1. The number of likely N-dealkylation sites (N-methyl/N-ethyl adjacent to an activating group) is 1. The van der Waals surface area contributed by atoms with E-state index in [0.29, 0.717) is 0 Å². The molecule has 0 aliphatic carbocycles. The number of rotatable bonds is 4. The zero-order chi connectivity index (χ0) is 16.4. The highest BCUT2D eigenvalue weighted by atomic mass is 16.2. The maximum atomic E-state index is 12.7.